The Bertz CT molecular complexity index is 849. The first-order valence-electron chi connectivity index (χ1n) is 7.99. The first-order chi connectivity index (χ1) is 11.6. The monoisotopic (exact) mass is 323 g/mol. The van der Waals surface area contributed by atoms with Crippen LogP contribution in [0.4, 0.5) is 0 Å². The van der Waals surface area contributed by atoms with Crippen LogP contribution in [-0.2, 0) is 0 Å². The number of amides is 1. The van der Waals surface area contributed by atoms with Crippen LogP contribution < -0.4 is 4.74 Å². The topological polar surface area (TPSA) is 42.7 Å². The minimum absolute atomic E-state index is 0.129. The van der Waals surface area contributed by atoms with Crippen molar-refractivity contribution in [2.24, 2.45) is 0 Å². The molecule has 0 saturated heterocycles. The molecule has 0 atom stereocenters. The highest BCUT2D eigenvalue weighted by molar-refractivity contribution is 5.98. The Morgan fingerprint density at radius 1 is 1.08 bits per heavy atom. The van der Waals surface area contributed by atoms with Crippen molar-refractivity contribution in [2.45, 2.75) is 13.8 Å². The number of nitrogens with zero attached hydrogens (tertiary/aromatic N) is 1. The van der Waals surface area contributed by atoms with E-state index in [-0.39, 0.29) is 5.91 Å². The number of furan rings is 1. The van der Waals surface area contributed by atoms with E-state index >= 15 is 0 Å². The van der Waals surface area contributed by atoms with Gasteiger partial charge in [-0.2, -0.15) is 0 Å². The van der Waals surface area contributed by atoms with Crippen molar-refractivity contribution in [1.82, 2.24) is 4.90 Å². The zero-order chi connectivity index (χ0) is 17.1. The van der Waals surface area contributed by atoms with Crippen LogP contribution in [0.3, 0.4) is 0 Å². The van der Waals surface area contributed by atoms with E-state index in [4.69, 9.17) is 9.15 Å². The second kappa shape index (κ2) is 6.79. The summed E-state index contributed by atoms with van der Waals surface area (Å²) in [5.74, 6) is 1.08. The maximum atomic E-state index is 12.6. The molecular formula is C20H21NO3. The quantitative estimate of drug-likeness (QED) is 0.706. The number of likely N-dealkylation sites (N-methyl/N-ethyl adjacent to an activating group) is 1. The lowest BCUT2D eigenvalue weighted by molar-refractivity contribution is 0.0744. The van der Waals surface area contributed by atoms with Crippen molar-refractivity contribution < 1.29 is 13.9 Å². The number of carbonyl (C=O) groups excluding carboxylic acids is 1. The van der Waals surface area contributed by atoms with Gasteiger partial charge in [-0.25, -0.2) is 0 Å². The molecule has 1 heterocycles. The highest BCUT2D eigenvalue weighted by Crippen LogP contribution is 2.25. The highest BCUT2D eigenvalue weighted by Gasteiger charge is 2.20. The molecule has 0 fully saturated rings. The number of rotatable bonds is 5. The summed E-state index contributed by atoms with van der Waals surface area (Å²) in [6, 6.07) is 15.5. The molecule has 0 aliphatic carbocycles. The Morgan fingerprint density at radius 3 is 2.50 bits per heavy atom. The van der Waals surface area contributed by atoms with Crippen molar-refractivity contribution in [3.8, 4) is 5.75 Å². The van der Waals surface area contributed by atoms with Gasteiger partial charge in [-0.15, -0.1) is 0 Å². The largest absolute Gasteiger partial charge is 0.492 e. The molecule has 124 valence electrons. The number of para-hydroxylation sites is 1. The van der Waals surface area contributed by atoms with E-state index in [2.05, 4.69) is 0 Å². The Balaban J connectivity index is 1.63. The molecule has 0 bridgehead atoms. The number of aryl methyl sites for hydroxylation is 2. The summed E-state index contributed by atoms with van der Waals surface area (Å²) in [6.07, 6.45) is 0. The molecule has 24 heavy (non-hydrogen) atoms. The van der Waals surface area contributed by atoms with Crippen LogP contribution in [0.1, 0.15) is 21.7 Å². The summed E-state index contributed by atoms with van der Waals surface area (Å²) in [6.45, 7) is 4.87. The van der Waals surface area contributed by atoms with Crippen LogP contribution in [0.25, 0.3) is 11.0 Å². The van der Waals surface area contributed by atoms with E-state index in [9.17, 15) is 4.79 Å². The fraction of sp³-hybridized carbons (Fsp3) is 0.250. The van der Waals surface area contributed by atoms with Gasteiger partial charge in [-0.1, -0.05) is 35.9 Å². The lowest BCUT2D eigenvalue weighted by Crippen LogP contribution is -2.31. The van der Waals surface area contributed by atoms with Crippen LogP contribution in [0, 0.1) is 13.8 Å². The summed E-state index contributed by atoms with van der Waals surface area (Å²) in [4.78, 5) is 14.2. The summed E-state index contributed by atoms with van der Waals surface area (Å²) >= 11 is 0. The van der Waals surface area contributed by atoms with Gasteiger partial charge in [0.15, 0.2) is 5.76 Å². The van der Waals surface area contributed by atoms with Crippen molar-refractivity contribution in [2.75, 3.05) is 20.2 Å². The van der Waals surface area contributed by atoms with Crippen LogP contribution >= 0.6 is 0 Å². The molecule has 4 nitrogen and oxygen atoms in total. The van der Waals surface area contributed by atoms with Crippen LogP contribution in [0.5, 0.6) is 5.75 Å². The SMILES string of the molecule is Cc1ccc(OCCN(C)C(=O)c2oc3ccccc3c2C)cc1. The van der Waals surface area contributed by atoms with Crippen molar-refractivity contribution >= 4 is 16.9 Å². The van der Waals surface area contributed by atoms with Gasteiger partial charge in [0.2, 0.25) is 0 Å². The molecule has 0 radical (unpaired) electrons. The number of benzene rings is 2. The first kappa shape index (κ1) is 16.1. The van der Waals surface area contributed by atoms with Gasteiger partial charge in [-0.3, -0.25) is 4.79 Å². The number of carbonyl (C=O) groups is 1. The molecule has 2 aromatic carbocycles. The molecule has 3 aromatic rings. The average Bonchev–Trinajstić information content (AvgIpc) is 2.93. The minimum atomic E-state index is -0.129. The molecule has 3 rings (SSSR count). The predicted molar refractivity (Wildman–Crippen MR) is 94.6 cm³/mol. The third-order valence-corrected chi connectivity index (χ3v) is 4.10. The van der Waals surface area contributed by atoms with Crippen molar-refractivity contribution in [3.63, 3.8) is 0 Å². The molecule has 0 N–H and O–H groups in total. The second-order valence-corrected chi connectivity index (χ2v) is 5.94. The zero-order valence-electron chi connectivity index (χ0n) is 14.2. The normalized spacial score (nSPS) is 10.8. The average molecular weight is 323 g/mol. The standard InChI is InChI=1S/C20H21NO3/c1-14-8-10-16(11-9-14)23-13-12-21(3)20(22)19-15(2)17-6-4-5-7-18(17)24-19/h4-11H,12-13H2,1-3H3. The van der Waals surface area contributed by atoms with Crippen LogP contribution in [-0.4, -0.2) is 31.0 Å². The van der Waals surface area contributed by atoms with Gasteiger partial charge in [0.1, 0.15) is 17.9 Å². The van der Waals surface area contributed by atoms with Crippen molar-refractivity contribution in [1.29, 1.82) is 0 Å². The van der Waals surface area contributed by atoms with Gasteiger partial charge < -0.3 is 14.1 Å². The van der Waals surface area contributed by atoms with E-state index in [1.54, 1.807) is 11.9 Å². The molecule has 0 aliphatic rings. The number of fused-ring (bicyclic) bond motifs is 1. The molecule has 0 aliphatic heterocycles. The molecular weight excluding hydrogens is 302 g/mol. The third-order valence-electron chi connectivity index (χ3n) is 4.10. The number of hydrogen-bond acceptors (Lipinski definition) is 3. The van der Waals surface area contributed by atoms with Gasteiger partial charge in [0, 0.05) is 18.0 Å². The lowest BCUT2D eigenvalue weighted by atomic mass is 10.1. The Hall–Kier alpha value is -2.75. The maximum absolute atomic E-state index is 12.6. The Morgan fingerprint density at radius 2 is 1.79 bits per heavy atom. The van der Waals surface area contributed by atoms with E-state index in [0.29, 0.717) is 18.9 Å². The number of ether oxygens (including phenoxy) is 1. The van der Waals surface area contributed by atoms with E-state index in [0.717, 1.165) is 22.3 Å². The summed E-state index contributed by atoms with van der Waals surface area (Å²) in [5.41, 5.74) is 2.81. The summed E-state index contributed by atoms with van der Waals surface area (Å²) in [7, 11) is 1.76. The smallest absolute Gasteiger partial charge is 0.289 e. The highest BCUT2D eigenvalue weighted by atomic mass is 16.5. The molecule has 4 heteroatoms. The molecule has 0 saturated carbocycles. The minimum Gasteiger partial charge on any atom is -0.492 e. The molecule has 1 aromatic heterocycles. The zero-order valence-corrected chi connectivity index (χ0v) is 14.2. The second-order valence-electron chi connectivity index (χ2n) is 5.94. The third kappa shape index (κ3) is 3.27. The first-order valence-corrected chi connectivity index (χ1v) is 7.99. The maximum Gasteiger partial charge on any atom is 0.289 e. The lowest BCUT2D eigenvalue weighted by Gasteiger charge is -2.16. The van der Waals surface area contributed by atoms with Gasteiger partial charge in [-0.05, 0) is 32.0 Å². The Kier molecular flexibility index (Phi) is 4.56. The van der Waals surface area contributed by atoms with Gasteiger partial charge in [0.25, 0.3) is 5.91 Å². The predicted octanol–water partition coefficient (Wildman–Crippen LogP) is 4.20. The van der Waals surface area contributed by atoms with Crippen LogP contribution in [0.15, 0.2) is 52.9 Å². The number of hydrogen-bond donors (Lipinski definition) is 0. The molecule has 0 spiro atoms. The summed E-state index contributed by atoms with van der Waals surface area (Å²) < 4.78 is 11.4. The van der Waals surface area contributed by atoms with Gasteiger partial charge >= 0.3 is 0 Å². The van der Waals surface area contributed by atoms with E-state index < -0.39 is 0 Å². The van der Waals surface area contributed by atoms with Gasteiger partial charge in [0.05, 0.1) is 6.54 Å². The fourth-order valence-electron chi connectivity index (χ4n) is 2.59. The van der Waals surface area contributed by atoms with E-state index in [1.165, 1.54) is 5.56 Å². The fourth-order valence-corrected chi connectivity index (χ4v) is 2.59. The van der Waals surface area contributed by atoms with E-state index in [1.807, 2.05) is 62.4 Å². The molecule has 1 amide bonds. The van der Waals surface area contributed by atoms with Crippen LogP contribution in [0.2, 0.25) is 0 Å². The van der Waals surface area contributed by atoms with Crippen molar-refractivity contribution in [3.05, 3.63) is 65.4 Å². The Labute approximate surface area is 141 Å². The summed E-state index contributed by atoms with van der Waals surface area (Å²) in [5, 5.41) is 0.977. The molecule has 0 unspecified atom stereocenters.